The minimum Gasteiger partial charge on any atom is -0.341 e. The van der Waals surface area contributed by atoms with Crippen LogP contribution in [0.25, 0.3) is 0 Å². The van der Waals surface area contributed by atoms with Crippen molar-refractivity contribution in [1.82, 2.24) is 10.6 Å². The second-order valence-corrected chi connectivity index (χ2v) is 7.34. The van der Waals surface area contributed by atoms with Crippen LogP contribution in [0, 0.1) is 24.2 Å². The Morgan fingerprint density at radius 3 is 2.70 bits per heavy atom. The van der Waals surface area contributed by atoms with Crippen molar-refractivity contribution in [3.05, 3.63) is 21.9 Å². The number of amides is 2. The van der Waals surface area contributed by atoms with E-state index >= 15 is 0 Å². The lowest BCUT2D eigenvalue weighted by Gasteiger charge is -2.26. The lowest BCUT2D eigenvalue weighted by molar-refractivity contribution is -0.123. The molecular formula is C17H23N3O2S. The van der Waals surface area contributed by atoms with E-state index in [4.69, 9.17) is 5.26 Å². The van der Waals surface area contributed by atoms with Crippen LogP contribution >= 0.6 is 11.3 Å². The van der Waals surface area contributed by atoms with Gasteiger partial charge in [0.1, 0.15) is 12.6 Å². The number of hydrogen-bond donors (Lipinski definition) is 2. The molecule has 0 radical (unpaired) electrons. The van der Waals surface area contributed by atoms with Crippen molar-refractivity contribution in [2.45, 2.75) is 51.5 Å². The molecule has 0 unspecified atom stereocenters. The Balaban J connectivity index is 2.01. The quantitative estimate of drug-likeness (QED) is 0.785. The Bertz CT molecular complexity index is 585. The van der Waals surface area contributed by atoms with Gasteiger partial charge in [-0.15, -0.1) is 11.3 Å². The molecule has 1 aliphatic carbocycles. The molecule has 0 bridgehead atoms. The highest BCUT2D eigenvalue weighted by Gasteiger charge is 2.26. The predicted octanol–water partition coefficient (Wildman–Crippen LogP) is 2.77. The summed E-state index contributed by atoms with van der Waals surface area (Å²) in [5, 5.41) is 14.1. The summed E-state index contributed by atoms with van der Waals surface area (Å²) in [6, 6.07) is 5.01. The normalized spacial score (nSPS) is 16.3. The van der Waals surface area contributed by atoms with Crippen molar-refractivity contribution in [2.24, 2.45) is 5.92 Å². The van der Waals surface area contributed by atoms with Gasteiger partial charge in [0.05, 0.1) is 10.9 Å². The van der Waals surface area contributed by atoms with E-state index in [0.29, 0.717) is 17.2 Å². The predicted molar refractivity (Wildman–Crippen MR) is 90.1 cm³/mol. The molecule has 0 spiro atoms. The third-order valence-corrected chi connectivity index (χ3v) is 5.22. The van der Waals surface area contributed by atoms with Gasteiger partial charge in [-0.2, -0.15) is 5.26 Å². The van der Waals surface area contributed by atoms with E-state index < -0.39 is 6.04 Å². The Morgan fingerprint density at radius 1 is 1.35 bits per heavy atom. The first-order chi connectivity index (χ1) is 11.1. The summed E-state index contributed by atoms with van der Waals surface area (Å²) in [7, 11) is 0. The number of nitrogens with zero attached hydrogens (tertiary/aromatic N) is 1. The van der Waals surface area contributed by atoms with E-state index in [0.717, 1.165) is 17.7 Å². The monoisotopic (exact) mass is 333 g/mol. The number of rotatable bonds is 6. The van der Waals surface area contributed by atoms with Crippen LogP contribution in [-0.2, 0) is 4.79 Å². The summed E-state index contributed by atoms with van der Waals surface area (Å²) in [5.74, 6) is -0.0123. The van der Waals surface area contributed by atoms with Crippen molar-refractivity contribution < 1.29 is 9.59 Å². The largest absolute Gasteiger partial charge is 0.341 e. The summed E-state index contributed by atoms with van der Waals surface area (Å²) >= 11 is 1.42. The number of aryl methyl sites for hydroxylation is 1. The Morgan fingerprint density at radius 2 is 2.09 bits per heavy atom. The van der Waals surface area contributed by atoms with E-state index in [1.54, 1.807) is 6.07 Å². The number of nitrogens with one attached hydrogen (secondary N) is 2. The van der Waals surface area contributed by atoms with Gasteiger partial charge in [-0.1, -0.05) is 32.1 Å². The summed E-state index contributed by atoms with van der Waals surface area (Å²) in [6.07, 6.45) is 6.49. The molecule has 1 saturated carbocycles. The van der Waals surface area contributed by atoms with Gasteiger partial charge < -0.3 is 10.6 Å². The topological polar surface area (TPSA) is 82.0 Å². The van der Waals surface area contributed by atoms with Crippen molar-refractivity contribution in [1.29, 1.82) is 5.26 Å². The number of thiophene rings is 1. The maximum absolute atomic E-state index is 12.3. The van der Waals surface area contributed by atoms with Crippen LogP contribution < -0.4 is 10.6 Å². The highest BCUT2D eigenvalue weighted by molar-refractivity contribution is 7.13. The summed E-state index contributed by atoms with van der Waals surface area (Å²) < 4.78 is 0. The minimum absolute atomic E-state index is 0.0337. The van der Waals surface area contributed by atoms with Gasteiger partial charge in [0.15, 0.2) is 0 Å². The molecule has 5 nitrogen and oxygen atoms in total. The van der Waals surface area contributed by atoms with Crippen LogP contribution in [0.4, 0.5) is 0 Å². The molecule has 1 atom stereocenters. The van der Waals surface area contributed by atoms with Crippen molar-refractivity contribution in [3.63, 3.8) is 0 Å². The van der Waals surface area contributed by atoms with Gasteiger partial charge in [-0.25, -0.2) is 0 Å². The van der Waals surface area contributed by atoms with Crippen LogP contribution in [-0.4, -0.2) is 24.4 Å². The fraction of sp³-hybridized carbons (Fsp3) is 0.588. The first-order valence-corrected chi connectivity index (χ1v) is 8.93. The molecule has 0 saturated heterocycles. The first kappa shape index (κ1) is 17.5. The van der Waals surface area contributed by atoms with Crippen LogP contribution in [0.2, 0.25) is 0 Å². The lowest BCUT2D eigenvalue weighted by Crippen LogP contribution is -2.47. The van der Waals surface area contributed by atoms with Gasteiger partial charge in [0.2, 0.25) is 5.91 Å². The molecule has 1 aromatic heterocycles. The zero-order valence-corrected chi connectivity index (χ0v) is 14.2. The zero-order chi connectivity index (χ0) is 16.7. The maximum Gasteiger partial charge on any atom is 0.262 e. The average Bonchev–Trinajstić information content (AvgIpc) is 2.99. The second kappa shape index (κ2) is 8.68. The van der Waals surface area contributed by atoms with Gasteiger partial charge in [0.25, 0.3) is 5.91 Å². The van der Waals surface area contributed by atoms with Crippen molar-refractivity contribution in [3.8, 4) is 6.07 Å². The Kier molecular flexibility index (Phi) is 6.60. The zero-order valence-electron chi connectivity index (χ0n) is 13.4. The fourth-order valence-corrected chi connectivity index (χ4v) is 3.79. The molecule has 1 heterocycles. The van der Waals surface area contributed by atoms with Gasteiger partial charge >= 0.3 is 0 Å². The molecule has 2 rings (SSSR count). The van der Waals surface area contributed by atoms with Gasteiger partial charge in [0, 0.05) is 4.88 Å². The highest BCUT2D eigenvalue weighted by Crippen LogP contribution is 2.27. The molecule has 23 heavy (non-hydrogen) atoms. The third-order valence-electron chi connectivity index (χ3n) is 4.22. The number of carbonyl (C=O) groups is 2. The van der Waals surface area contributed by atoms with Crippen LogP contribution in [0.15, 0.2) is 12.1 Å². The maximum atomic E-state index is 12.3. The molecule has 2 N–H and O–H groups in total. The highest BCUT2D eigenvalue weighted by atomic mass is 32.1. The molecule has 2 amide bonds. The molecular weight excluding hydrogens is 310 g/mol. The van der Waals surface area contributed by atoms with E-state index in [2.05, 4.69) is 10.6 Å². The Labute approximate surface area is 141 Å². The van der Waals surface area contributed by atoms with Gasteiger partial charge in [-0.05, 0) is 31.4 Å². The summed E-state index contributed by atoms with van der Waals surface area (Å²) in [6.45, 7) is 1.91. The smallest absolute Gasteiger partial charge is 0.262 e. The van der Waals surface area contributed by atoms with Crippen molar-refractivity contribution in [2.75, 3.05) is 6.54 Å². The standard InChI is InChI=1S/C17H23N3O2S/c1-12-7-8-15(23-12)17(22)20-14(16(21)19-10-9-18)11-13-5-3-2-4-6-13/h7-8,13-14H,2-6,10-11H2,1H3,(H,19,21)(H,20,22)/t14-/m0/s1. The average molecular weight is 333 g/mol. The van der Waals surface area contributed by atoms with E-state index in [-0.39, 0.29) is 18.4 Å². The molecule has 6 heteroatoms. The SMILES string of the molecule is Cc1ccc(C(=O)N[C@@H](CC2CCCCC2)C(=O)NCC#N)s1. The number of carbonyl (C=O) groups excluding carboxylic acids is 2. The van der Waals surface area contributed by atoms with E-state index in [1.807, 2.05) is 19.1 Å². The first-order valence-electron chi connectivity index (χ1n) is 8.12. The summed E-state index contributed by atoms with van der Waals surface area (Å²) in [4.78, 5) is 26.3. The van der Waals surface area contributed by atoms with Crippen LogP contribution in [0.5, 0.6) is 0 Å². The van der Waals surface area contributed by atoms with Crippen LogP contribution in [0.1, 0.15) is 53.1 Å². The fourth-order valence-electron chi connectivity index (χ4n) is 3.02. The molecule has 0 aromatic carbocycles. The second-order valence-electron chi connectivity index (χ2n) is 6.05. The molecule has 124 valence electrons. The van der Waals surface area contributed by atoms with Crippen LogP contribution in [0.3, 0.4) is 0 Å². The molecule has 1 aliphatic rings. The lowest BCUT2D eigenvalue weighted by atomic mass is 9.84. The Hall–Kier alpha value is -1.87. The van der Waals surface area contributed by atoms with E-state index in [9.17, 15) is 9.59 Å². The molecule has 1 fully saturated rings. The van der Waals surface area contributed by atoms with E-state index in [1.165, 1.54) is 30.6 Å². The third kappa shape index (κ3) is 5.36. The minimum atomic E-state index is -0.568. The molecule has 1 aromatic rings. The summed E-state index contributed by atoms with van der Waals surface area (Å²) in [5.41, 5.74) is 0. The number of nitriles is 1. The molecule has 0 aliphatic heterocycles. The number of hydrogen-bond acceptors (Lipinski definition) is 4. The van der Waals surface area contributed by atoms with Gasteiger partial charge in [-0.3, -0.25) is 9.59 Å². The van der Waals surface area contributed by atoms with Crippen molar-refractivity contribution >= 4 is 23.2 Å².